The van der Waals surface area contributed by atoms with Gasteiger partial charge in [0.05, 0.1) is 16.7 Å². The van der Waals surface area contributed by atoms with Gasteiger partial charge in [0, 0.05) is 10.2 Å². The van der Waals surface area contributed by atoms with Crippen molar-refractivity contribution in [3.8, 4) is 0 Å². The number of halogens is 1. The Morgan fingerprint density at radius 2 is 1.66 bits per heavy atom. The van der Waals surface area contributed by atoms with Crippen LogP contribution in [0.2, 0.25) is 0 Å². The number of anilines is 2. The Hall–Kier alpha value is -3.03. The van der Waals surface area contributed by atoms with Gasteiger partial charge in [-0.2, -0.15) is 5.10 Å². The molecule has 0 saturated heterocycles. The highest BCUT2D eigenvalue weighted by Crippen LogP contribution is 2.21. The van der Waals surface area contributed by atoms with Gasteiger partial charge in [0.25, 0.3) is 0 Å². The summed E-state index contributed by atoms with van der Waals surface area (Å²) in [5.41, 5.74) is 7.60. The summed E-state index contributed by atoms with van der Waals surface area (Å²) in [5.74, 6) is 0.552. The molecule has 0 aliphatic heterocycles. The van der Waals surface area contributed by atoms with E-state index in [1.54, 1.807) is 0 Å². The monoisotopic (exact) mass is 463 g/mol. The predicted octanol–water partition coefficient (Wildman–Crippen LogP) is 5.88. The van der Waals surface area contributed by atoms with E-state index in [0.29, 0.717) is 11.1 Å². The van der Waals surface area contributed by atoms with Crippen molar-refractivity contribution >= 4 is 61.6 Å². The second-order valence-electron chi connectivity index (χ2n) is 6.37. The van der Waals surface area contributed by atoms with E-state index < -0.39 is 0 Å². The molecule has 4 aromatic rings. The number of thiocarbonyl (C=S) groups is 1. The number of aromatic nitrogens is 2. The van der Waals surface area contributed by atoms with Crippen LogP contribution in [0, 0.1) is 0 Å². The zero-order valence-corrected chi connectivity index (χ0v) is 18.0. The average molecular weight is 464 g/mol. The van der Waals surface area contributed by atoms with E-state index >= 15 is 0 Å². The number of hydrazone groups is 1. The molecule has 1 aromatic heterocycles. The first kappa shape index (κ1) is 19.3. The molecule has 0 amide bonds. The van der Waals surface area contributed by atoms with Gasteiger partial charge in [0.2, 0.25) is 5.95 Å². The van der Waals surface area contributed by atoms with E-state index in [9.17, 15) is 0 Å². The summed E-state index contributed by atoms with van der Waals surface area (Å²) < 4.78 is 2.89. The lowest BCUT2D eigenvalue weighted by Gasteiger charge is -2.12. The molecule has 0 aliphatic rings. The molecule has 4 rings (SSSR count). The maximum Gasteiger partial charge on any atom is 0.231 e. The normalized spacial score (nSPS) is 11.4. The quantitative estimate of drug-likeness (QED) is 0.225. The molecule has 0 spiro atoms. The van der Waals surface area contributed by atoms with Crippen LogP contribution in [0.25, 0.3) is 11.0 Å². The Kier molecular flexibility index (Phi) is 5.69. The average Bonchev–Trinajstić information content (AvgIpc) is 3.12. The molecule has 0 aliphatic carbocycles. The van der Waals surface area contributed by atoms with E-state index in [-0.39, 0.29) is 0 Å². The fourth-order valence-electron chi connectivity index (χ4n) is 2.90. The van der Waals surface area contributed by atoms with Crippen LogP contribution in [0.3, 0.4) is 0 Å². The summed E-state index contributed by atoms with van der Waals surface area (Å²) in [4.78, 5) is 4.66. The Morgan fingerprint density at radius 1 is 0.966 bits per heavy atom. The Balaban J connectivity index is 1.67. The molecule has 144 valence electrons. The minimum absolute atomic E-state index is 0.517. The molecule has 0 radical (unpaired) electrons. The van der Waals surface area contributed by atoms with Crippen molar-refractivity contribution in [3.05, 3.63) is 88.9 Å². The number of rotatable bonds is 4. The van der Waals surface area contributed by atoms with Crippen molar-refractivity contribution in [1.82, 2.24) is 9.55 Å². The lowest BCUT2D eigenvalue weighted by molar-refractivity contribution is 1.12. The van der Waals surface area contributed by atoms with Gasteiger partial charge in [0.1, 0.15) is 0 Å². The maximum atomic E-state index is 5.68. The van der Waals surface area contributed by atoms with E-state index in [1.807, 2.05) is 90.4 Å². The maximum absolute atomic E-state index is 5.68. The van der Waals surface area contributed by atoms with Gasteiger partial charge in [-0.05, 0) is 61.1 Å². The molecular weight excluding hydrogens is 446 g/mol. The fraction of sp³-hybridized carbons (Fsp3) is 0.0455. The fourth-order valence-corrected chi connectivity index (χ4v) is 3.46. The van der Waals surface area contributed by atoms with Crippen molar-refractivity contribution in [2.45, 2.75) is 6.92 Å². The summed E-state index contributed by atoms with van der Waals surface area (Å²) in [6.07, 6.45) is 0. The Labute approximate surface area is 182 Å². The predicted molar refractivity (Wildman–Crippen MR) is 128 cm³/mol. The van der Waals surface area contributed by atoms with Crippen LogP contribution in [0.5, 0.6) is 0 Å². The zero-order chi connectivity index (χ0) is 20.2. The first-order valence-corrected chi connectivity index (χ1v) is 10.2. The Bertz CT molecular complexity index is 1180. The third-order valence-corrected chi connectivity index (χ3v) is 5.19. The van der Waals surface area contributed by atoms with E-state index in [4.69, 9.17) is 12.2 Å². The zero-order valence-electron chi connectivity index (χ0n) is 15.6. The lowest BCUT2D eigenvalue weighted by Crippen LogP contribution is -2.20. The minimum atomic E-state index is 0.517. The van der Waals surface area contributed by atoms with Gasteiger partial charge in [-0.1, -0.05) is 58.4 Å². The molecule has 0 saturated carbocycles. The summed E-state index contributed by atoms with van der Waals surface area (Å²) in [7, 11) is 0. The highest BCUT2D eigenvalue weighted by atomic mass is 79.9. The SMILES string of the molecule is C/C(=N/Nc1nc2ccccc2n1C(=S)Nc1ccccc1)c1ccc(Br)cc1. The molecule has 29 heavy (non-hydrogen) atoms. The number of para-hydroxylation sites is 3. The van der Waals surface area contributed by atoms with Crippen molar-refractivity contribution in [1.29, 1.82) is 0 Å². The van der Waals surface area contributed by atoms with Crippen LogP contribution in [-0.4, -0.2) is 20.4 Å². The van der Waals surface area contributed by atoms with E-state index in [2.05, 4.69) is 36.8 Å². The van der Waals surface area contributed by atoms with E-state index in [1.165, 1.54) is 0 Å². The smallest absolute Gasteiger partial charge is 0.231 e. The highest BCUT2D eigenvalue weighted by molar-refractivity contribution is 9.10. The largest absolute Gasteiger partial charge is 0.332 e. The standard InChI is InChI=1S/C22H18BrN5S/c1-15(16-11-13-17(23)14-12-16)26-27-21-25-19-9-5-6-10-20(19)28(21)22(29)24-18-7-3-2-4-8-18/h2-14H,1H3,(H,24,29)(H,25,27)/b26-15-. The minimum Gasteiger partial charge on any atom is -0.332 e. The first-order chi connectivity index (χ1) is 14.1. The van der Waals surface area contributed by atoms with Crippen LogP contribution < -0.4 is 10.7 Å². The topological polar surface area (TPSA) is 54.2 Å². The lowest BCUT2D eigenvalue weighted by atomic mass is 10.1. The summed E-state index contributed by atoms with van der Waals surface area (Å²) >= 11 is 9.13. The van der Waals surface area contributed by atoms with Crippen LogP contribution >= 0.6 is 28.1 Å². The Morgan fingerprint density at radius 3 is 2.41 bits per heavy atom. The molecular formula is C22H18BrN5S. The highest BCUT2D eigenvalue weighted by Gasteiger charge is 2.14. The molecule has 5 nitrogen and oxygen atoms in total. The summed E-state index contributed by atoms with van der Waals surface area (Å²) in [6, 6.07) is 25.7. The molecule has 1 heterocycles. The third-order valence-electron chi connectivity index (χ3n) is 4.37. The number of nitrogens with zero attached hydrogens (tertiary/aromatic N) is 3. The van der Waals surface area contributed by atoms with Gasteiger partial charge in [0.15, 0.2) is 5.11 Å². The van der Waals surface area contributed by atoms with Gasteiger partial charge >= 0.3 is 0 Å². The third kappa shape index (κ3) is 4.36. The molecule has 2 N–H and O–H groups in total. The molecule has 0 fully saturated rings. The number of imidazole rings is 1. The molecule has 3 aromatic carbocycles. The van der Waals surface area contributed by atoms with Gasteiger partial charge in [-0.25, -0.2) is 10.4 Å². The van der Waals surface area contributed by atoms with Crippen molar-refractivity contribution in [3.63, 3.8) is 0 Å². The summed E-state index contributed by atoms with van der Waals surface area (Å²) in [5, 5.41) is 8.30. The van der Waals surface area contributed by atoms with Gasteiger partial charge < -0.3 is 5.32 Å². The van der Waals surface area contributed by atoms with Crippen molar-refractivity contribution in [2.24, 2.45) is 5.10 Å². The van der Waals surface area contributed by atoms with Crippen LogP contribution in [0.4, 0.5) is 11.6 Å². The van der Waals surface area contributed by atoms with Crippen molar-refractivity contribution < 1.29 is 0 Å². The van der Waals surface area contributed by atoms with E-state index in [0.717, 1.165) is 32.5 Å². The second-order valence-corrected chi connectivity index (χ2v) is 7.67. The molecule has 7 heteroatoms. The second kappa shape index (κ2) is 8.55. The number of benzene rings is 3. The molecule has 0 atom stereocenters. The number of nitrogens with one attached hydrogen (secondary N) is 2. The van der Waals surface area contributed by atoms with Gasteiger partial charge in [-0.3, -0.25) is 4.57 Å². The number of hydrogen-bond donors (Lipinski definition) is 2. The van der Waals surface area contributed by atoms with Crippen LogP contribution in [0.15, 0.2) is 88.4 Å². The van der Waals surface area contributed by atoms with Crippen LogP contribution in [0.1, 0.15) is 12.5 Å². The number of fused-ring (bicyclic) bond motifs is 1. The molecule has 0 bridgehead atoms. The first-order valence-electron chi connectivity index (χ1n) is 9.02. The van der Waals surface area contributed by atoms with Crippen LogP contribution in [-0.2, 0) is 0 Å². The van der Waals surface area contributed by atoms with Crippen molar-refractivity contribution in [2.75, 3.05) is 10.7 Å². The molecule has 0 unspecified atom stereocenters. The van der Waals surface area contributed by atoms with Gasteiger partial charge in [-0.15, -0.1) is 0 Å². The number of hydrogen-bond acceptors (Lipinski definition) is 4. The summed E-state index contributed by atoms with van der Waals surface area (Å²) in [6.45, 7) is 1.95.